The molecule has 0 aromatic heterocycles. The van der Waals surface area contributed by atoms with Crippen LogP contribution in [-0.4, -0.2) is 12.5 Å². The van der Waals surface area contributed by atoms with Gasteiger partial charge in [0.25, 0.3) is 0 Å². The van der Waals surface area contributed by atoms with E-state index in [9.17, 15) is 4.79 Å². The first-order chi connectivity index (χ1) is 8.06. The van der Waals surface area contributed by atoms with Gasteiger partial charge in [0, 0.05) is 6.42 Å². The van der Waals surface area contributed by atoms with Crippen molar-refractivity contribution < 1.29 is 9.53 Å². The SMILES string of the molecule is Cc1ccc(C)c(OCCCC(=O)NN)c1C. The number of carbonyl (C=O) groups excluding carboxylic acids is 1. The fourth-order valence-corrected chi connectivity index (χ4v) is 1.63. The molecule has 0 aliphatic rings. The summed E-state index contributed by atoms with van der Waals surface area (Å²) in [6.07, 6.45) is 1.05. The lowest BCUT2D eigenvalue weighted by molar-refractivity contribution is -0.121. The Hall–Kier alpha value is -1.55. The van der Waals surface area contributed by atoms with E-state index in [-0.39, 0.29) is 5.91 Å². The van der Waals surface area contributed by atoms with Crippen LogP contribution in [0.3, 0.4) is 0 Å². The van der Waals surface area contributed by atoms with Gasteiger partial charge in [-0.15, -0.1) is 0 Å². The number of nitrogens with one attached hydrogen (secondary N) is 1. The second kappa shape index (κ2) is 6.25. The van der Waals surface area contributed by atoms with Crippen molar-refractivity contribution in [2.75, 3.05) is 6.61 Å². The summed E-state index contributed by atoms with van der Waals surface area (Å²) in [4.78, 5) is 10.9. The Kier molecular flexibility index (Phi) is 4.97. The van der Waals surface area contributed by atoms with E-state index in [1.165, 1.54) is 5.56 Å². The van der Waals surface area contributed by atoms with Crippen LogP contribution in [0.15, 0.2) is 12.1 Å². The zero-order chi connectivity index (χ0) is 12.8. The van der Waals surface area contributed by atoms with Crippen LogP contribution in [0.5, 0.6) is 5.75 Å². The molecule has 0 heterocycles. The molecule has 0 fully saturated rings. The molecule has 1 amide bonds. The Morgan fingerprint density at radius 1 is 1.29 bits per heavy atom. The normalized spacial score (nSPS) is 10.1. The Balaban J connectivity index is 2.52. The smallest absolute Gasteiger partial charge is 0.234 e. The minimum Gasteiger partial charge on any atom is -0.493 e. The summed E-state index contributed by atoms with van der Waals surface area (Å²) in [6, 6.07) is 4.13. The van der Waals surface area contributed by atoms with E-state index < -0.39 is 0 Å². The Bertz CT molecular complexity index is 403. The van der Waals surface area contributed by atoms with E-state index in [4.69, 9.17) is 10.6 Å². The third kappa shape index (κ3) is 3.75. The quantitative estimate of drug-likeness (QED) is 0.354. The van der Waals surface area contributed by atoms with Gasteiger partial charge in [-0.1, -0.05) is 12.1 Å². The predicted molar refractivity (Wildman–Crippen MR) is 67.7 cm³/mol. The molecule has 0 unspecified atom stereocenters. The van der Waals surface area contributed by atoms with Crippen molar-refractivity contribution in [1.29, 1.82) is 0 Å². The lowest BCUT2D eigenvalue weighted by Crippen LogP contribution is -2.30. The van der Waals surface area contributed by atoms with Crippen LogP contribution >= 0.6 is 0 Å². The number of hydrazine groups is 1. The number of amides is 1. The highest BCUT2D eigenvalue weighted by Gasteiger charge is 2.06. The van der Waals surface area contributed by atoms with Crippen molar-refractivity contribution in [2.45, 2.75) is 33.6 Å². The van der Waals surface area contributed by atoms with Crippen LogP contribution in [-0.2, 0) is 4.79 Å². The van der Waals surface area contributed by atoms with Crippen LogP contribution in [0.25, 0.3) is 0 Å². The molecule has 0 aliphatic carbocycles. The van der Waals surface area contributed by atoms with Gasteiger partial charge in [-0.25, -0.2) is 5.84 Å². The van der Waals surface area contributed by atoms with Gasteiger partial charge in [0.2, 0.25) is 5.91 Å². The van der Waals surface area contributed by atoms with Crippen molar-refractivity contribution in [3.05, 3.63) is 28.8 Å². The van der Waals surface area contributed by atoms with E-state index in [2.05, 4.69) is 18.4 Å². The summed E-state index contributed by atoms with van der Waals surface area (Å²) in [6.45, 7) is 6.65. The van der Waals surface area contributed by atoms with E-state index in [0.717, 1.165) is 16.9 Å². The van der Waals surface area contributed by atoms with Crippen LogP contribution in [0.1, 0.15) is 29.5 Å². The van der Waals surface area contributed by atoms with Gasteiger partial charge in [-0.2, -0.15) is 0 Å². The summed E-state index contributed by atoms with van der Waals surface area (Å²) < 4.78 is 5.72. The molecule has 0 aliphatic heterocycles. The van der Waals surface area contributed by atoms with Gasteiger partial charge in [0.1, 0.15) is 5.75 Å². The van der Waals surface area contributed by atoms with Crippen molar-refractivity contribution >= 4 is 5.91 Å². The molecule has 0 bridgehead atoms. The Labute approximate surface area is 102 Å². The highest BCUT2D eigenvalue weighted by Crippen LogP contribution is 2.25. The van der Waals surface area contributed by atoms with Crippen LogP contribution < -0.4 is 16.0 Å². The maximum absolute atomic E-state index is 10.9. The van der Waals surface area contributed by atoms with Crippen LogP contribution in [0, 0.1) is 20.8 Å². The van der Waals surface area contributed by atoms with Gasteiger partial charge in [-0.3, -0.25) is 10.2 Å². The van der Waals surface area contributed by atoms with Gasteiger partial charge >= 0.3 is 0 Å². The van der Waals surface area contributed by atoms with E-state index in [1.54, 1.807) is 0 Å². The number of aryl methyl sites for hydroxylation is 2. The number of nitrogens with two attached hydrogens (primary N) is 1. The minimum atomic E-state index is -0.161. The lowest BCUT2D eigenvalue weighted by Gasteiger charge is -2.13. The molecule has 0 atom stereocenters. The summed E-state index contributed by atoms with van der Waals surface area (Å²) in [5.41, 5.74) is 5.60. The summed E-state index contributed by atoms with van der Waals surface area (Å²) in [7, 11) is 0. The van der Waals surface area contributed by atoms with Crippen molar-refractivity contribution in [3.8, 4) is 5.75 Å². The number of hydrogen-bond acceptors (Lipinski definition) is 3. The molecule has 4 heteroatoms. The third-order valence-corrected chi connectivity index (χ3v) is 2.83. The monoisotopic (exact) mass is 236 g/mol. The summed E-state index contributed by atoms with van der Waals surface area (Å²) >= 11 is 0. The maximum Gasteiger partial charge on any atom is 0.234 e. The summed E-state index contributed by atoms with van der Waals surface area (Å²) in [5.74, 6) is 5.76. The predicted octanol–water partition coefficient (Wildman–Crippen LogP) is 1.76. The van der Waals surface area contributed by atoms with E-state index in [1.807, 2.05) is 19.9 Å². The molecule has 1 aromatic rings. The molecule has 3 N–H and O–H groups in total. The van der Waals surface area contributed by atoms with E-state index >= 15 is 0 Å². The average molecular weight is 236 g/mol. The van der Waals surface area contributed by atoms with Gasteiger partial charge in [0.15, 0.2) is 0 Å². The zero-order valence-electron chi connectivity index (χ0n) is 10.7. The molecule has 4 nitrogen and oxygen atoms in total. The van der Waals surface area contributed by atoms with Gasteiger partial charge < -0.3 is 4.74 Å². The first-order valence-corrected chi connectivity index (χ1v) is 5.75. The maximum atomic E-state index is 10.9. The van der Waals surface area contributed by atoms with Crippen molar-refractivity contribution in [1.82, 2.24) is 5.43 Å². The topological polar surface area (TPSA) is 64.3 Å². The first-order valence-electron chi connectivity index (χ1n) is 5.75. The second-order valence-electron chi connectivity index (χ2n) is 4.17. The highest BCUT2D eigenvalue weighted by atomic mass is 16.5. The standard InChI is InChI=1S/C13H20N2O2/c1-9-6-7-10(2)13(11(9)3)17-8-4-5-12(16)15-14/h6-7H,4-5,8,14H2,1-3H3,(H,15,16). The first kappa shape index (κ1) is 13.5. The molecule has 0 saturated heterocycles. The Morgan fingerprint density at radius 3 is 2.59 bits per heavy atom. The van der Waals surface area contributed by atoms with E-state index in [0.29, 0.717) is 19.4 Å². The third-order valence-electron chi connectivity index (χ3n) is 2.83. The van der Waals surface area contributed by atoms with Gasteiger partial charge in [-0.05, 0) is 43.9 Å². The number of ether oxygens (including phenoxy) is 1. The molecular weight excluding hydrogens is 216 g/mol. The lowest BCUT2D eigenvalue weighted by atomic mass is 10.1. The molecule has 1 rings (SSSR count). The van der Waals surface area contributed by atoms with Gasteiger partial charge in [0.05, 0.1) is 6.61 Å². The number of rotatable bonds is 5. The fraction of sp³-hybridized carbons (Fsp3) is 0.462. The molecule has 0 radical (unpaired) electrons. The number of carbonyl (C=O) groups is 1. The van der Waals surface area contributed by atoms with Crippen LogP contribution in [0.2, 0.25) is 0 Å². The minimum absolute atomic E-state index is 0.161. The zero-order valence-corrected chi connectivity index (χ0v) is 10.7. The molecule has 94 valence electrons. The number of benzene rings is 1. The second-order valence-corrected chi connectivity index (χ2v) is 4.17. The summed E-state index contributed by atoms with van der Waals surface area (Å²) in [5, 5.41) is 0. The molecule has 0 saturated carbocycles. The molecule has 0 spiro atoms. The molecule has 17 heavy (non-hydrogen) atoms. The largest absolute Gasteiger partial charge is 0.493 e. The highest BCUT2D eigenvalue weighted by molar-refractivity contribution is 5.75. The average Bonchev–Trinajstić information content (AvgIpc) is 2.32. The fourth-order valence-electron chi connectivity index (χ4n) is 1.63. The number of hydrogen-bond donors (Lipinski definition) is 2. The van der Waals surface area contributed by atoms with Crippen LogP contribution in [0.4, 0.5) is 0 Å². The molecular formula is C13H20N2O2. The molecule has 1 aromatic carbocycles. The van der Waals surface area contributed by atoms with Crippen molar-refractivity contribution in [2.24, 2.45) is 5.84 Å². The van der Waals surface area contributed by atoms with Crippen molar-refractivity contribution in [3.63, 3.8) is 0 Å². The Morgan fingerprint density at radius 2 is 1.94 bits per heavy atom.